The minimum atomic E-state index is -0.412. The van der Waals surface area contributed by atoms with Crippen molar-refractivity contribution in [2.24, 2.45) is 0 Å². The number of amides is 2. The van der Waals surface area contributed by atoms with Crippen LogP contribution in [0.25, 0.3) is 0 Å². The lowest BCUT2D eigenvalue weighted by molar-refractivity contribution is 0.101. The molecule has 0 heterocycles. The summed E-state index contributed by atoms with van der Waals surface area (Å²) in [6.45, 7) is 0. The van der Waals surface area contributed by atoms with E-state index in [4.69, 9.17) is 51.1 Å². The van der Waals surface area contributed by atoms with Gasteiger partial charge in [-0.1, -0.05) is 58.5 Å². The van der Waals surface area contributed by atoms with Crippen LogP contribution in [0.2, 0.25) is 20.1 Å². The van der Waals surface area contributed by atoms with E-state index in [9.17, 15) is 9.59 Å². The van der Waals surface area contributed by atoms with E-state index in [0.29, 0.717) is 22.9 Å². The average molecular weight is 546 g/mol. The molecule has 35 heavy (non-hydrogen) atoms. The highest BCUT2D eigenvalue weighted by atomic mass is 35.5. The molecule has 2 amide bonds. The number of carbonyl (C=O) groups is 2. The Morgan fingerprint density at radius 2 is 0.829 bits per heavy atom. The summed E-state index contributed by atoms with van der Waals surface area (Å²) in [4.78, 5) is 25.0. The summed E-state index contributed by atoms with van der Waals surface area (Å²) < 4.78 is 5.83. The summed E-state index contributed by atoms with van der Waals surface area (Å²) in [5.41, 5.74) is 1.52. The molecule has 0 aliphatic carbocycles. The Kier molecular flexibility index (Phi) is 7.83. The number of nitrogens with one attached hydrogen (secondary N) is 2. The quantitative estimate of drug-likeness (QED) is 0.255. The zero-order chi connectivity index (χ0) is 24.9. The van der Waals surface area contributed by atoms with Crippen molar-refractivity contribution in [3.63, 3.8) is 0 Å². The van der Waals surface area contributed by atoms with E-state index in [-0.39, 0.29) is 31.2 Å². The molecule has 4 aromatic carbocycles. The molecule has 0 bridgehead atoms. The summed E-state index contributed by atoms with van der Waals surface area (Å²) in [5, 5.41) is 6.58. The van der Waals surface area contributed by atoms with Gasteiger partial charge in [0, 0.05) is 11.4 Å². The number of benzene rings is 4. The molecule has 0 saturated carbocycles. The minimum absolute atomic E-state index is 0.208. The lowest BCUT2D eigenvalue weighted by Gasteiger charge is -2.11. The van der Waals surface area contributed by atoms with Gasteiger partial charge in [-0.25, -0.2) is 0 Å². The fourth-order valence-electron chi connectivity index (χ4n) is 3.17. The highest BCUT2D eigenvalue weighted by Crippen LogP contribution is 2.28. The van der Waals surface area contributed by atoms with E-state index in [0.717, 1.165) is 0 Å². The van der Waals surface area contributed by atoms with Crippen molar-refractivity contribution in [2.75, 3.05) is 10.6 Å². The molecule has 0 spiro atoms. The summed E-state index contributed by atoms with van der Waals surface area (Å²) in [7, 11) is 0. The molecule has 0 aliphatic heterocycles. The van der Waals surface area contributed by atoms with Crippen LogP contribution in [0.15, 0.2) is 84.9 Å². The van der Waals surface area contributed by atoms with Crippen LogP contribution < -0.4 is 15.4 Å². The first kappa shape index (κ1) is 24.9. The molecule has 9 heteroatoms. The van der Waals surface area contributed by atoms with E-state index in [1.807, 2.05) is 0 Å². The molecule has 0 aliphatic rings. The third kappa shape index (κ3) is 6.08. The van der Waals surface area contributed by atoms with Gasteiger partial charge in [0.25, 0.3) is 11.8 Å². The van der Waals surface area contributed by atoms with E-state index in [1.54, 1.807) is 84.9 Å². The van der Waals surface area contributed by atoms with Crippen LogP contribution in [0.3, 0.4) is 0 Å². The van der Waals surface area contributed by atoms with Crippen LogP contribution in [-0.4, -0.2) is 11.8 Å². The highest BCUT2D eigenvalue weighted by Gasteiger charge is 2.16. The first-order chi connectivity index (χ1) is 16.8. The normalized spacial score (nSPS) is 10.5. The number of halogens is 4. The maximum atomic E-state index is 12.5. The largest absolute Gasteiger partial charge is 0.457 e. The Morgan fingerprint density at radius 3 is 1.14 bits per heavy atom. The first-order valence-electron chi connectivity index (χ1n) is 10.2. The van der Waals surface area contributed by atoms with Gasteiger partial charge in [-0.2, -0.15) is 0 Å². The minimum Gasteiger partial charge on any atom is -0.457 e. The van der Waals surface area contributed by atoms with Gasteiger partial charge in [-0.05, 0) is 72.8 Å². The fraction of sp³-hybridized carbons (Fsp3) is 0. The molecule has 0 unspecified atom stereocenters. The molecule has 5 nitrogen and oxygen atoms in total. The van der Waals surface area contributed by atoms with Crippen LogP contribution in [0.5, 0.6) is 11.5 Å². The van der Waals surface area contributed by atoms with Crippen LogP contribution in [0, 0.1) is 0 Å². The zero-order valence-electron chi connectivity index (χ0n) is 17.8. The van der Waals surface area contributed by atoms with Crippen molar-refractivity contribution in [3.8, 4) is 11.5 Å². The van der Waals surface area contributed by atoms with E-state index >= 15 is 0 Å². The molecule has 0 radical (unpaired) electrons. The second-order valence-corrected chi connectivity index (χ2v) is 8.88. The first-order valence-corrected chi connectivity index (χ1v) is 11.7. The standard InChI is InChI=1S/C26H16Cl4N2O3/c27-19-3-1-4-20(28)23(19)25(33)31-15-7-11-17(12-8-15)35-18-13-9-16(10-14-18)32-26(34)24-21(29)5-2-6-22(24)30/h1-14H,(H,31,33)(H,32,34). The van der Waals surface area contributed by atoms with Gasteiger partial charge in [0.15, 0.2) is 0 Å². The van der Waals surface area contributed by atoms with E-state index < -0.39 is 11.8 Å². The molecule has 0 aromatic heterocycles. The topological polar surface area (TPSA) is 67.4 Å². The van der Waals surface area contributed by atoms with Gasteiger partial charge < -0.3 is 15.4 Å². The summed E-state index contributed by atoms with van der Waals surface area (Å²) in [5.74, 6) is 0.284. The Bertz CT molecular complexity index is 1240. The number of carbonyl (C=O) groups excluding carboxylic acids is 2. The number of hydrogen-bond acceptors (Lipinski definition) is 3. The van der Waals surface area contributed by atoms with Gasteiger partial charge in [0.2, 0.25) is 0 Å². The maximum Gasteiger partial charge on any atom is 0.258 e. The lowest BCUT2D eigenvalue weighted by Crippen LogP contribution is -2.13. The average Bonchev–Trinajstić information content (AvgIpc) is 2.81. The number of rotatable bonds is 6. The van der Waals surface area contributed by atoms with Crippen LogP contribution in [0.1, 0.15) is 20.7 Å². The van der Waals surface area contributed by atoms with Gasteiger partial charge in [0.1, 0.15) is 11.5 Å². The summed E-state index contributed by atoms with van der Waals surface area (Å²) in [6, 6.07) is 23.3. The van der Waals surface area contributed by atoms with Crippen molar-refractivity contribution in [2.45, 2.75) is 0 Å². The van der Waals surface area contributed by atoms with Gasteiger partial charge in [-0.15, -0.1) is 0 Å². The predicted molar refractivity (Wildman–Crippen MR) is 142 cm³/mol. The van der Waals surface area contributed by atoms with Gasteiger partial charge >= 0.3 is 0 Å². The second kappa shape index (κ2) is 11.0. The van der Waals surface area contributed by atoms with Crippen LogP contribution >= 0.6 is 46.4 Å². The second-order valence-electron chi connectivity index (χ2n) is 7.25. The van der Waals surface area contributed by atoms with Crippen molar-refractivity contribution in [1.29, 1.82) is 0 Å². The maximum absolute atomic E-state index is 12.5. The SMILES string of the molecule is O=C(Nc1ccc(Oc2ccc(NC(=O)c3c(Cl)cccc3Cl)cc2)cc1)c1c(Cl)cccc1Cl. The third-order valence-electron chi connectivity index (χ3n) is 4.84. The molecule has 176 valence electrons. The Morgan fingerprint density at radius 1 is 0.514 bits per heavy atom. The zero-order valence-corrected chi connectivity index (χ0v) is 20.8. The summed E-state index contributed by atoms with van der Waals surface area (Å²) in [6.07, 6.45) is 0. The Labute approximate surface area is 221 Å². The van der Waals surface area contributed by atoms with Crippen LogP contribution in [0.4, 0.5) is 11.4 Å². The smallest absolute Gasteiger partial charge is 0.258 e. The van der Waals surface area contributed by atoms with Crippen molar-refractivity contribution in [1.82, 2.24) is 0 Å². The van der Waals surface area contributed by atoms with Crippen molar-refractivity contribution >= 4 is 69.6 Å². The molecular formula is C26H16Cl4N2O3. The van der Waals surface area contributed by atoms with Crippen LogP contribution in [-0.2, 0) is 0 Å². The molecule has 4 rings (SSSR count). The van der Waals surface area contributed by atoms with E-state index in [1.165, 1.54) is 0 Å². The number of hydrogen-bond donors (Lipinski definition) is 2. The lowest BCUT2D eigenvalue weighted by atomic mass is 10.2. The summed E-state index contributed by atoms with van der Waals surface area (Å²) >= 11 is 24.4. The highest BCUT2D eigenvalue weighted by molar-refractivity contribution is 6.41. The number of anilines is 2. The van der Waals surface area contributed by atoms with E-state index in [2.05, 4.69) is 10.6 Å². The van der Waals surface area contributed by atoms with Gasteiger partial charge in [0.05, 0.1) is 31.2 Å². The molecule has 2 N–H and O–H groups in total. The number of ether oxygens (including phenoxy) is 1. The Balaban J connectivity index is 1.37. The fourth-order valence-corrected chi connectivity index (χ4v) is 4.30. The van der Waals surface area contributed by atoms with Crippen molar-refractivity contribution < 1.29 is 14.3 Å². The monoisotopic (exact) mass is 544 g/mol. The predicted octanol–water partition coefficient (Wildman–Crippen LogP) is 8.60. The molecule has 4 aromatic rings. The Hall–Kier alpha value is -3.22. The van der Waals surface area contributed by atoms with Gasteiger partial charge in [-0.3, -0.25) is 9.59 Å². The molecule has 0 saturated heterocycles. The van der Waals surface area contributed by atoms with Crippen molar-refractivity contribution in [3.05, 3.63) is 116 Å². The third-order valence-corrected chi connectivity index (χ3v) is 6.10. The molecular weight excluding hydrogens is 530 g/mol. The molecule has 0 atom stereocenters. The molecule has 0 fully saturated rings.